The third-order valence-electron chi connectivity index (χ3n) is 6.35. The van der Waals surface area contributed by atoms with Gasteiger partial charge in [-0.15, -0.1) is 0 Å². The van der Waals surface area contributed by atoms with Gasteiger partial charge in [-0.2, -0.15) is 0 Å². The third-order valence-corrected chi connectivity index (χ3v) is 6.35. The molecule has 29 heavy (non-hydrogen) atoms. The molecule has 3 heteroatoms. The van der Waals surface area contributed by atoms with Crippen molar-refractivity contribution in [1.82, 2.24) is 9.38 Å². The second-order valence-corrected chi connectivity index (χ2v) is 8.72. The Morgan fingerprint density at radius 3 is 2.59 bits per heavy atom. The van der Waals surface area contributed by atoms with Crippen molar-refractivity contribution in [3.8, 4) is 0 Å². The Bertz CT molecular complexity index is 949. The van der Waals surface area contributed by atoms with Gasteiger partial charge in [0.05, 0.1) is 5.69 Å². The fourth-order valence-electron chi connectivity index (χ4n) is 4.55. The van der Waals surface area contributed by atoms with Gasteiger partial charge in [0, 0.05) is 24.4 Å². The molecule has 2 heterocycles. The monoisotopic (exact) mass is 388 g/mol. The van der Waals surface area contributed by atoms with E-state index in [1.165, 1.54) is 56.1 Å². The molecule has 1 aliphatic carbocycles. The normalized spacial score (nSPS) is 15.1. The van der Waals surface area contributed by atoms with E-state index in [-0.39, 0.29) is 5.78 Å². The van der Waals surface area contributed by atoms with E-state index in [4.69, 9.17) is 4.98 Å². The summed E-state index contributed by atoms with van der Waals surface area (Å²) < 4.78 is 2.13. The van der Waals surface area contributed by atoms with Gasteiger partial charge in [0.25, 0.3) is 0 Å². The van der Waals surface area contributed by atoms with Crippen LogP contribution in [0, 0.1) is 12.8 Å². The number of hydrogen-bond acceptors (Lipinski definition) is 2. The number of aryl methyl sites for hydroxylation is 3. The fraction of sp³-hybridized carbons (Fsp3) is 0.462. The van der Waals surface area contributed by atoms with E-state index in [0.717, 1.165) is 29.2 Å². The smallest absolute Gasteiger partial charge is 0.163 e. The lowest BCUT2D eigenvalue weighted by Crippen LogP contribution is -2.06. The van der Waals surface area contributed by atoms with E-state index < -0.39 is 0 Å². The molecule has 0 saturated heterocycles. The second-order valence-electron chi connectivity index (χ2n) is 8.72. The summed E-state index contributed by atoms with van der Waals surface area (Å²) in [5.41, 5.74) is 5.31. The van der Waals surface area contributed by atoms with Crippen LogP contribution >= 0.6 is 0 Å². The van der Waals surface area contributed by atoms with Crippen molar-refractivity contribution < 1.29 is 4.79 Å². The molecule has 152 valence electrons. The van der Waals surface area contributed by atoms with E-state index in [0.29, 0.717) is 12.8 Å². The number of carbonyl (C=O) groups is 1. The summed E-state index contributed by atoms with van der Waals surface area (Å²) in [6, 6.07) is 12.1. The molecule has 0 spiro atoms. The van der Waals surface area contributed by atoms with Gasteiger partial charge in [0.15, 0.2) is 5.78 Å². The van der Waals surface area contributed by atoms with E-state index >= 15 is 0 Å². The third kappa shape index (κ3) is 5.35. The lowest BCUT2D eigenvalue weighted by molar-refractivity contribution is 0.0982. The lowest BCUT2D eigenvalue weighted by Gasteiger charge is -2.21. The molecule has 0 amide bonds. The SMILES string of the molecule is Cc1ccc(C(=O)CCc2cn3cc(CCCC4CCCCC4)ccc3n2)cc1. The Labute approximate surface area is 174 Å². The maximum absolute atomic E-state index is 12.4. The molecule has 1 aromatic carbocycles. The Hall–Kier alpha value is -2.42. The first-order chi connectivity index (χ1) is 14.2. The van der Waals surface area contributed by atoms with Crippen LogP contribution in [0.1, 0.15) is 78.5 Å². The van der Waals surface area contributed by atoms with Crippen LogP contribution in [0.15, 0.2) is 48.8 Å². The average molecular weight is 389 g/mol. The fourth-order valence-corrected chi connectivity index (χ4v) is 4.55. The quantitative estimate of drug-likeness (QED) is 0.421. The zero-order valence-electron chi connectivity index (χ0n) is 17.6. The van der Waals surface area contributed by atoms with Crippen LogP contribution in [-0.4, -0.2) is 15.2 Å². The van der Waals surface area contributed by atoms with Crippen LogP contribution in [0.5, 0.6) is 0 Å². The first-order valence-corrected chi connectivity index (χ1v) is 11.2. The number of pyridine rings is 1. The summed E-state index contributed by atoms with van der Waals surface area (Å²) in [6.07, 6.45) is 16.5. The number of nitrogens with zero attached hydrogens (tertiary/aromatic N) is 2. The minimum Gasteiger partial charge on any atom is -0.307 e. The summed E-state index contributed by atoms with van der Waals surface area (Å²) in [7, 11) is 0. The van der Waals surface area contributed by atoms with Crippen molar-refractivity contribution in [2.24, 2.45) is 5.92 Å². The van der Waals surface area contributed by atoms with Crippen molar-refractivity contribution in [3.05, 3.63) is 71.2 Å². The highest BCUT2D eigenvalue weighted by atomic mass is 16.1. The molecule has 2 aromatic heterocycles. The molecular formula is C26H32N2O. The van der Waals surface area contributed by atoms with Gasteiger partial charge in [0.2, 0.25) is 0 Å². The zero-order chi connectivity index (χ0) is 20.1. The minimum absolute atomic E-state index is 0.186. The first-order valence-electron chi connectivity index (χ1n) is 11.2. The average Bonchev–Trinajstić information content (AvgIpc) is 3.15. The molecule has 0 atom stereocenters. The van der Waals surface area contributed by atoms with Gasteiger partial charge < -0.3 is 4.40 Å². The van der Waals surface area contributed by atoms with Crippen LogP contribution in [0.3, 0.4) is 0 Å². The number of carbonyl (C=O) groups excluding carboxylic acids is 1. The van der Waals surface area contributed by atoms with Gasteiger partial charge >= 0.3 is 0 Å². The first kappa shape index (κ1) is 19.9. The number of hydrogen-bond donors (Lipinski definition) is 0. The van der Waals surface area contributed by atoms with Gasteiger partial charge in [-0.3, -0.25) is 4.79 Å². The number of fused-ring (bicyclic) bond motifs is 1. The predicted octanol–water partition coefficient (Wildman–Crippen LogP) is 6.36. The molecule has 0 radical (unpaired) electrons. The van der Waals surface area contributed by atoms with Crippen LogP contribution in [0.2, 0.25) is 0 Å². The molecule has 3 nitrogen and oxygen atoms in total. The number of rotatable bonds is 8. The number of aromatic nitrogens is 2. The van der Waals surface area contributed by atoms with Gasteiger partial charge in [-0.1, -0.05) is 74.4 Å². The molecule has 4 rings (SSSR count). The Morgan fingerprint density at radius 1 is 1.00 bits per heavy atom. The van der Waals surface area contributed by atoms with E-state index in [2.05, 4.69) is 28.9 Å². The maximum atomic E-state index is 12.4. The van der Waals surface area contributed by atoms with Gasteiger partial charge in [-0.05, 0) is 43.7 Å². The maximum Gasteiger partial charge on any atom is 0.163 e. The zero-order valence-corrected chi connectivity index (χ0v) is 17.6. The van der Waals surface area contributed by atoms with Crippen molar-refractivity contribution in [2.45, 2.75) is 71.1 Å². The molecule has 0 aliphatic heterocycles. The molecule has 1 saturated carbocycles. The Morgan fingerprint density at radius 2 is 1.79 bits per heavy atom. The standard InChI is InChI=1S/C26H32N2O/c1-20-10-13-23(14-11-20)25(29)16-15-24-19-28-18-22(12-17-26(28)27-24)9-5-8-21-6-3-2-4-7-21/h10-14,17-19,21H,2-9,15-16H2,1H3. The Balaban J connectivity index is 1.31. The molecular weight excluding hydrogens is 356 g/mol. The number of imidazole rings is 1. The summed E-state index contributed by atoms with van der Waals surface area (Å²) in [5, 5.41) is 0. The van der Waals surface area contributed by atoms with Crippen molar-refractivity contribution >= 4 is 11.4 Å². The molecule has 1 fully saturated rings. The number of Topliss-reactive ketones (excluding diaryl/α,β-unsaturated/α-hetero) is 1. The highest BCUT2D eigenvalue weighted by molar-refractivity contribution is 5.96. The van der Waals surface area contributed by atoms with Crippen molar-refractivity contribution in [2.75, 3.05) is 0 Å². The van der Waals surface area contributed by atoms with E-state index in [9.17, 15) is 4.79 Å². The lowest BCUT2D eigenvalue weighted by atomic mass is 9.85. The molecule has 0 N–H and O–H groups in total. The molecule has 1 aliphatic rings. The summed E-state index contributed by atoms with van der Waals surface area (Å²) in [4.78, 5) is 17.1. The summed E-state index contributed by atoms with van der Waals surface area (Å²) in [6.45, 7) is 2.04. The van der Waals surface area contributed by atoms with Crippen LogP contribution in [0.4, 0.5) is 0 Å². The van der Waals surface area contributed by atoms with Gasteiger partial charge in [-0.25, -0.2) is 4.98 Å². The molecule has 0 bridgehead atoms. The molecule has 3 aromatic rings. The van der Waals surface area contributed by atoms with E-state index in [1.807, 2.05) is 31.2 Å². The summed E-state index contributed by atoms with van der Waals surface area (Å²) in [5.74, 6) is 1.14. The minimum atomic E-state index is 0.186. The largest absolute Gasteiger partial charge is 0.307 e. The second kappa shape index (κ2) is 9.39. The van der Waals surface area contributed by atoms with Gasteiger partial charge in [0.1, 0.15) is 5.65 Å². The van der Waals surface area contributed by atoms with Crippen molar-refractivity contribution in [1.29, 1.82) is 0 Å². The van der Waals surface area contributed by atoms with Crippen molar-refractivity contribution in [3.63, 3.8) is 0 Å². The van der Waals surface area contributed by atoms with Crippen LogP contribution < -0.4 is 0 Å². The van der Waals surface area contributed by atoms with E-state index in [1.54, 1.807) is 0 Å². The Kier molecular flexibility index (Phi) is 6.43. The highest BCUT2D eigenvalue weighted by Gasteiger charge is 2.13. The number of benzene rings is 1. The highest BCUT2D eigenvalue weighted by Crippen LogP contribution is 2.27. The van der Waals surface area contributed by atoms with Crippen LogP contribution in [-0.2, 0) is 12.8 Å². The summed E-state index contributed by atoms with van der Waals surface area (Å²) >= 11 is 0. The topological polar surface area (TPSA) is 34.4 Å². The molecule has 0 unspecified atom stereocenters. The van der Waals surface area contributed by atoms with Crippen LogP contribution in [0.25, 0.3) is 5.65 Å². The predicted molar refractivity (Wildman–Crippen MR) is 119 cm³/mol. The number of ketones is 1.